The Labute approximate surface area is 103 Å². The van der Waals surface area contributed by atoms with Crippen molar-refractivity contribution in [1.82, 2.24) is 9.78 Å². The largest absolute Gasteiger partial charge is 0.383 e. The highest BCUT2D eigenvalue weighted by Crippen LogP contribution is 2.15. The predicted molar refractivity (Wildman–Crippen MR) is 66.9 cm³/mol. The van der Waals surface area contributed by atoms with E-state index in [-0.39, 0.29) is 5.56 Å². The van der Waals surface area contributed by atoms with Crippen molar-refractivity contribution >= 4 is 21.6 Å². The Kier molecular flexibility index (Phi) is 5.48. The van der Waals surface area contributed by atoms with Gasteiger partial charge >= 0.3 is 0 Å². The molecule has 1 N–H and O–H groups in total. The van der Waals surface area contributed by atoms with Crippen LogP contribution in [0.4, 0.5) is 5.69 Å². The summed E-state index contributed by atoms with van der Waals surface area (Å²) in [6.07, 6.45) is 2.65. The highest BCUT2D eigenvalue weighted by Gasteiger charge is 2.07. The van der Waals surface area contributed by atoms with Crippen LogP contribution in [0.15, 0.2) is 15.5 Å². The molecule has 1 heterocycles. The second kappa shape index (κ2) is 6.65. The average Bonchev–Trinajstić information content (AvgIpc) is 2.30. The third kappa shape index (κ3) is 3.31. The van der Waals surface area contributed by atoms with Gasteiger partial charge in [0.1, 0.15) is 4.47 Å². The molecule has 0 bridgehead atoms. The molecule has 1 rings (SSSR count). The van der Waals surface area contributed by atoms with Gasteiger partial charge in [0.15, 0.2) is 0 Å². The first-order valence-corrected chi connectivity index (χ1v) is 5.98. The van der Waals surface area contributed by atoms with Crippen molar-refractivity contribution in [3.63, 3.8) is 0 Å². The summed E-state index contributed by atoms with van der Waals surface area (Å²) in [5.74, 6) is 0. The van der Waals surface area contributed by atoms with Crippen LogP contribution in [0.25, 0.3) is 0 Å². The second-order valence-corrected chi connectivity index (χ2v) is 4.11. The molecule has 0 spiro atoms. The molecule has 0 aliphatic rings. The zero-order chi connectivity index (χ0) is 12.0. The Hall–Kier alpha value is -0.880. The summed E-state index contributed by atoms with van der Waals surface area (Å²) in [7, 11) is 1.59. The molecule has 0 radical (unpaired) electrons. The van der Waals surface area contributed by atoms with Gasteiger partial charge in [0.05, 0.1) is 25.0 Å². The van der Waals surface area contributed by atoms with Crippen LogP contribution >= 0.6 is 15.9 Å². The van der Waals surface area contributed by atoms with E-state index in [1.807, 2.05) is 0 Å². The lowest BCUT2D eigenvalue weighted by atomic mass is 10.4. The minimum atomic E-state index is -0.141. The molecule has 0 aromatic carbocycles. The third-order valence-corrected chi connectivity index (χ3v) is 2.82. The maximum absolute atomic E-state index is 11.8. The first-order chi connectivity index (χ1) is 7.70. The molecule has 0 amide bonds. The molecule has 6 heteroatoms. The maximum atomic E-state index is 11.8. The van der Waals surface area contributed by atoms with Crippen LogP contribution < -0.4 is 10.9 Å². The number of nitrogens with one attached hydrogen (secondary N) is 1. The monoisotopic (exact) mass is 289 g/mol. The van der Waals surface area contributed by atoms with Gasteiger partial charge in [0.2, 0.25) is 0 Å². The van der Waals surface area contributed by atoms with E-state index < -0.39 is 0 Å². The Morgan fingerprint density at radius 2 is 2.38 bits per heavy atom. The van der Waals surface area contributed by atoms with E-state index in [4.69, 9.17) is 4.74 Å². The van der Waals surface area contributed by atoms with Crippen LogP contribution in [0.5, 0.6) is 0 Å². The molecular formula is C10H16BrN3O2. The number of halogens is 1. The van der Waals surface area contributed by atoms with Crippen LogP contribution in [0.3, 0.4) is 0 Å². The number of aromatic nitrogens is 2. The van der Waals surface area contributed by atoms with E-state index in [1.54, 1.807) is 13.3 Å². The highest BCUT2D eigenvalue weighted by atomic mass is 79.9. The van der Waals surface area contributed by atoms with Gasteiger partial charge in [0, 0.05) is 13.7 Å². The smallest absolute Gasteiger partial charge is 0.283 e. The lowest BCUT2D eigenvalue weighted by molar-refractivity contribution is 0.181. The number of hydrogen-bond acceptors (Lipinski definition) is 4. The molecule has 5 nitrogen and oxygen atoms in total. The summed E-state index contributed by atoms with van der Waals surface area (Å²) in [6, 6.07) is 0. The Morgan fingerprint density at radius 3 is 3.00 bits per heavy atom. The summed E-state index contributed by atoms with van der Waals surface area (Å²) in [6.45, 7) is 3.82. The average molecular weight is 290 g/mol. The van der Waals surface area contributed by atoms with Crippen LogP contribution in [0, 0.1) is 0 Å². The van der Waals surface area contributed by atoms with Gasteiger partial charge in [-0.05, 0) is 22.4 Å². The molecule has 0 atom stereocenters. The summed E-state index contributed by atoms with van der Waals surface area (Å²) >= 11 is 3.28. The minimum absolute atomic E-state index is 0.141. The van der Waals surface area contributed by atoms with E-state index >= 15 is 0 Å². The number of ether oxygens (including phenoxy) is 1. The highest BCUT2D eigenvalue weighted by molar-refractivity contribution is 9.10. The van der Waals surface area contributed by atoms with E-state index in [0.717, 1.165) is 18.7 Å². The third-order valence-electron chi connectivity index (χ3n) is 2.06. The Balaban J connectivity index is 2.85. The molecule has 0 aliphatic heterocycles. The summed E-state index contributed by atoms with van der Waals surface area (Å²) < 4.78 is 6.81. The van der Waals surface area contributed by atoms with Gasteiger partial charge in [-0.1, -0.05) is 6.92 Å². The van der Waals surface area contributed by atoms with Crippen molar-refractivity contribution in [3.05, 3.63) is 21.0 Å². The summed E-state index contributed by atoms with van der Waals surface area (Å²) in [5, 5.41) is 7.19. The number of nitrogens with zero attached hydrogens (tertiary/aromatic N) is 2. The Morgan fingerprint density at radius 1 is 1.62 bits per heavy atom. The lowest BCUT2D eigenvalue weighted by Gasteiger charge is -2.09. The molecule has 0 aliphatic carbocycles. The van der Waals surface area contributed by atoms with Crippen LogP contribution in [0.1, 0.15) is 13.3 Å². The maximum Gasteiger partial charge on any atom is 0.283 e. The fourth-order valence-corrected chi connectivity index (χ4v) is 1.63. The molecular weight excluding hydrogens is 274 g/mol. The van der Waals surface area contributed by atoms with Crippen molar-refractivity contribution in [2.75, 3.05) is 25.6 Å². The van der Waals surface area contributed by atoms with E-state index in [1.165, 1.54) is 4.68 Å². The number of rotatable bonds is 6. The summed E-state index contributed by atoms with van der Waals surface area (Å²) in [5.41, 5.74) is 0.596. The van der Waals surface area contributed by atoms with Gasteiger partial charge in [-0.15, -0.1) is 0 Å². The molecule has 90 valence electrons. The van der Waals surface area contributed by atoms with Crippen LogP contribution in [0.2, 0.25) is 0 Å². The minimum Gasteiger partial charge on any atom is -0.383 e. The Bertz CT molecular complexity index is 392. The van der Waals surface area contributed by atoms with Crippen molar-refractivity contribution in [2.24, 2.45) is 0 Å². The molecule has 1 aromatic heterocycles. The van der Waals surface area contributed by atoms with Gasteiger partial charge < -0.3 is 10.1 Å². The van der Waals surface area contributed by atoms with E-state index in [2.05, 4.69) is 33.3 Å². The normalized spacial score (nSPS) is 10.4. The molecule has 0 unspecified atom stereocenters. The lowest BCUT2D eigenvalue weighted by Crippen LogP contribution is -2.26. The predicted octanol–water partition coefficient (Wildman–Crippen LogP) is 1.47. The van der Waals surface area contributed by atoms with Crippen molar-refractivity contribution in [2.45, 2.75) is 19.9 Å². The molecule has 0 saturated heterocycles. The fourth-order valence-electron chi connectivity index (χ4n) is 1.18. The first-order valence-electron chi connectivity index (χ1n) is 5.19. The standard InChI is InChI=1S/C10H16BrN3O2/c1-3-4-12-8-7-13-14(5-6-16-2)10(15)9(8)11/h7,12H,3-6H2,1-2H3. The van der Waals surface area contributed by atoms with Gasteiger partial charge in [-0.3, -0.25) is 4.79 Å². The topological polar surface area (TPSA) is 56.1 Å². The second-order valence-electron chi connectivity index (χ2n) is 3.32. The fraction of sp³-hybridized carbons (Fsp3) is 0.600. The zero-order valence-corrected chi connectivity index (χ0v) is 11.1. The molecule has 1 aromatic rings. The molecule has 0 saturated carbocycles. The molecule has 16 heavy (non-hydrogen) atoms. The quantitative estimate of drug-likeness (QED) is 0.862. The van der Waals surface area contributed by atoms with E-state index in [9.17, 15) is 4.79 Å². The van der Waals surface area contributed by atoms with Gasteiger partial charge in [-0.25, -0.2) is 4.68 Å². The number of hydrogen-bond donors (Lipinski definition) is 1. The molecule has 0 fully saturated rings. The van der Waals surface area contributed by atoms with Gasteiger partial charge in [-0.2, -0.15) is 5.10 Å². The van der Waals surface area contributed by atoms with Crippen molar-refractivity contribution < 1.29 is 4.74 Å². The van der Waals surface area contributed by atoms with Crippen LogP contribution in [-0.4, -0.2) is 30.0 Å². The number of anilines is 1. The van der Waals surface area contributed by atoms with E-state index in [0.29, 0.717) is 17.6 Å². The van der Waals surface area contributed by atoms with Crippen molar-refractivity contribution in [1.29, 1.82) is 0 Å². The first kappa shape index (κ1) is 13.2. The van der Waals surface area contributed by atoms with Gasteiger partial charge in [0.25, 0.3) is 5.56 Å². The number of methoxy groups -OCH3 is 1. The van der Waals surface area contributed by atoms with Crippen molar-refractivity contribution in [3.8, 4) is 0 Å². The zero-order valence-electron chi connectivity index (χ0n) is 9.49. The summed E-state index contributed by atoms with van der Waals surface area (Å²) in [4.78, 5) is 11.8. The van der Waals surface area contributed by atoms with Crippen LogP contribution in [-0.2, 0) is 11.3 Å². The SMILES string of the molecule is CCCNc1cnn(CCOC)c(=O)c1Br.